The molecule has 0 saturated heterocycles. The van der Waals surface area contributed by atoms with Gasteiger partial charge in [-0.25, -0.2) is 0 Å². The Labute approximate surface area is 126 Å². The average Bonchev–Trinajstić information content (AvgIpc) is 2.52. The number of benzene rings is 2. The number of esters is 1. The van der Waals surface area contributed by atoms with Crippen LogP contribution in [-0.2, 0) is 16.0 Å². The van der Waals surface area contributed by atoms with Gasteiger partial charge in [-0.3, -0.25) is 4.79 Å². The Bertz CT molecular complexity index is 589. The van der Waals surface area contributed by atoms with Crippen molar-refractivity contribution in [1.82, 2.24) is 0 Å². The summed E-state index contributed by atoms with van der Waals surface area (Å²) in [5, 5.41) is 2.53. The summed E-state index contributed by atoms with van der Waals surface area (Å²) in [6.07, 6.45) is 3.30. The maximum atomic E-state index is 11.6. The Morgan fingerprint density at radius 1 is 1.19 bits per heavy atom. The van der Waals surface area contributed by atoms with E-state index in [4.69, 9.17) is 10.5 Å². The quantitative estimate of drug-likeness (QED) is 0.793. The Kier molecular flexibility index (Phi) is 5.76. The molecule has 1 atom stereocenters. The lowest BCUT2D eigenvalue weighted by atomic mass is 9.99. The molecule has 1 unspecified atom stereocenters. The van der Waals surface area contributed by atoms with Crippen LogP contribution in [0.15, 0.2) is 42.5 Å². The summed E-state index contributed by atoms with van der Waals surface area (Å²) in [5.74, 6) is -0.283. The van der Waals surface area contributed by atoms with Crippen LogP contribution in [0.25, 0.3) is 10.8 Å². The first-order valence-electron chi connectivity index (χ1n) is 7.61. The zero-order valence-electron chi connectivity index (χ0n) is 12.5. The predicted molar refractivity (Wildman–Crippen MR) is 86.1 cm³/mol. The van der Waals surface area contributed by atoms with E-state index in [2.05, 4.69) is 36.4 Å². The number of fused-ring (bicyclic) bond motifs is 1. The maximum Gasteiger partial charge on any atom is 0.322 e. The lowest BCUT2D eigenvalue weighted by molar-refractivity contribution is -0.145. The molecule has 0 aromatic heterocycles. The lowest BCUT2D eigenvalue weighted by Gasteiger charge is -2.11. The molecule has 0 aliphatic rings. The van der Waals surface area contributed by atoms with E-state index in [0.29, 0.717) is 13.0 Å². The number of hydrogen-bond donors (Lipinski definition) is 1. The fraction of sp³-hybridized carbons (Fsp3) is 0.389. The second kappa shape index (κ2) is 7.79. The highest BCUT2D eigenvalue weighted by Gasteiger charge is 2.14. The van der Waals surface area contributed by atoms with Crippen molar-refractivity contribution >= 4 is 16.7 Å². The number of ether oxygens (including phenoxy) is 1. The van der Waals surface area contributed by atoms with Gasteiger partial charge in [-0.1, -0.05) is 49.4 Å². The minimum absolute atomic E-state index is 0.283. The van der Waals surface area contributed by atoms with Crippen molar-refractivity contribution < 1.29 is 9.53 Å². The molecule has 0 saturated carbocycles. The van der Waals surface area contributed by atoms with E-state index in [9.17, 15) is 4.79 Å². The zero-order valence-corrected chi connectivity index (χ0v) is 12.5. The largest absolute Gasteiger partial charge is 0.465 e. The average molecular weight is 285 g/mol. The molecule has 21 heavy (non-hydrogen) atoms. The van der Waals surface area contributed by atoms with Crippen molar-refractivity contribution in [2.24, 2.45) is 5.73 Å². The summed E-state index contributed by atoms with van der Waals surface area (Å²) in [6.45, 7) is 2.43. The summed E-state index contributed by atoms with van der Waals surface area (Å²) < 4.78 is 5.06. The minimum Gasteiger partial charge on any atom is -0.465 e. The Hall–Kier alpha value is -1.87. The van der Waals surface area contributed by atoms with Gasteiger partial charge >= 0.3 is 5.97 Å². The number of aryl methyl sites for hydroxylation is 1. The van der Waals surface area contributed by atoms with E-state index in [1.165, 1.54) is 16.3 Å². The summed E-state index contributed by atoms with van der Waals surface area (Å²) in [7, 11) is 0. The SMILES string of the molecule is CCCOC(=O)C(N)CCCc1cccc2ccccc12. The topological polar surface area (TPSA) is 52.3 Å². The van der Waals surface area contributed by atoms with E-state index in [0.717, 1.165) is 19.3 Å². The Morgan fingerprint density at radius 3 is 2.76 bits per heavy atom. The molecule has 2 aromatic carbocycles. The van der Waals surface area contributed by atoms with Gasteiger partial charge in [-0.2, -0.15) is 0 Å². The summed E-state index contributed by atoms with van der Waals surface area (Å²) in [5.41, 5.74) is 7.17. The number of hydrogen-bond acceptors (Lipinski definition) is 3. The fourth-order valence-electron chi connectivity index (χ4n) is 2.45. The van der Waals surface area contributed by atoms with E-state index in [1.54, 1.807) is 0 Å². The molecule has 0 bridgehead atoms. The Balaban J connectivity index is 1.89. The second-order valence-electron chi connectivity index (χ2n) is 5.30. The van der Waals surface area contributed by atoms with Gasteiger partial charge < -0.3 is 10.5 Å². The molecule has 2 N–H and O–H groups in total. The molecule has 0 radical (unpaired) electrons. The molecule has 0 fully saturated rings. The van der Waals surface area contributed by atoms with E-state index >= 15 is 0 Å². The second-order valence-corrected chi connectivity index (χ2v) is 5.30. The van der Waals surface area contributed by atoms with Crippen molar-refractivity contribution in [3.8, 4) is 0 Å². The van der Waals surface area contributed by atoms with Gasteiger partial charge in [0.1, 0.15) is 6.04 Å². The summed E-state index contributed by atoms with van der Waals surface area (Å²) in [6, 6.07) is 14.2. The number of rotatable bonds is 7. The van der Waals surface area contributed by atoms with Crippen molar-refractivity contribution in [2.75, 3.05) is 6.61 Å². The number of nitrogens with two attached hydrogens (primary N) is 1. The molecule has 0 spiro atoms. The van der Waals surface area contributed by atoms with Crippen LogP contribution in [0.5, 0.6) is 0 Å². The van der Waals surface area contributed by atoms with Gasteiger partial charge in [-0.05, 0) is 42.0 Å². The molecule has 2 aromatic rings. The predicted octanol–water partition coefficient (Wildman–Crippen LogP) is 3.44. The number of carbonyl (C=O) groups is 1. The van der Waals surface area contributed by atoms with Gasteiger partial charge in [0, 0.05) is 0 Å². The van der Waals surface area contributed by atoms with Gasteiger partial charge in [0.25, 0.3) is 0 Å². The lowest BCUT2D eigenvalue weighted by Crippen LogP contribution is -2.32. The van der Waals surface area contributed by atoms with Crippen molar-refractivity contribution in [3.63, 3.8) is 0 Å². The van der Waals surface area contributed by atoms with Crippen LogP contribution in [0.2, 0.25) is 0 Å². The molecule has 2 rings (SSSR count). The van der Waals surface area contributed by atoms with Crippen LogP contribution in [0.3, 0.4) is 0 Å². The third-order valence-corrected chi connectivity index (χ3v) is 3.59. The van der Waals surface area contributed by atoms with E-state index in [-0.39, 0.29) is 5.97 Å². The number of carbonyl (C=O) groups excluding carboxylic acids is 1. The third-order valence-electron chi connectivity index (χ3n) is 3.59. The molecule has 112 valence electrons. The van der Waals surface area contributed by atoms with Crippen molar-refractivity contribution in [3.05, 3.63) is 48.0 Å². The van der Waals surface area contributed by atoms with Gasteiger partial charge in [0.05, 0.1) is 6.61 Å². The fourth-order valence-corrected chi connectivity index (χ4v) is 2.45. The molecule has 0 aliphatic heterocycles. The van der Waals surface area contributed by atoms with Crippen molar-refractivity contribution in [2.45, 2.75) is 38.6 Å². The van der Waals surface area contributed by atoms with Gasteiger partial charge in [0.15, 0.2) is 0 Å². The van der Waals surface area contributed by atoms with Crippen LogP contribution >= 0.6 is 0 Å². The highest BCUT2D eigenvalue weighted by Crippen LogP contribution is 2.20. The first-order valence-corrected chi connectivity index (χ1v) is 7.61. The summed E-state index contributed by atoms with van der Waals surface area (Å²) in [4.78, 5) is 11.6. The molecule has 3 heteroatoms. The molecule has 0 aliphatic carbocycles. The normalized spacial score (nSPS) is 12.3. The van der Waals surface area contributed by atoms with Crippen LogP contribution in [0.4, 0.5) is 0 Å². The smallest absolute Gasteiger partial charge is 0.322 e. The highest BCUT2D eigenvalue weighted by molar-refractivity contribution is 5.85. The minimum atomic E-state index is -0.508. The monoisotopic (exact) mass is 285 g/mol. The van der Waals surface area contributed by atoms with E-state index in [1.807, 2.05) is 13.0 Å². The standard InChI is InChI=1S/C18H23NO2/c1-2-13-21-18(20)17(19)12-6-10-15-9-5-8-14-7-3-4-11-16(14)15/h3-5,7-9,11,17H,2,6,10,12-13,19H2,1H3. The van der Waals surface area contributed by atoms with Crippen LogP contribution in [-0.4, -0.2) is 18.6 Å². The van der Waals surface area contributed by atoms with Crippen LogP contribution in [0.1, 0.15) is 31.7 Å². The van der Waals surface area contributed by atoms with Crippen LogP contribution < -0.4 is 5.73 Å². The molecule has 0 amide bonds. The van der Waals surface area contributed by atoms with Gasteiger partial charge in [0.2, 0.25) is 0 Å². The first-order chi connectivity index (χ1) is 10.2. The summed E-state index contributed by atoms with van der Waals surface area (Å²) >= 11 is 0. The first kappa shape index (κ1) is 15.5. The Morgan fingerprint density at radius 2 is 1.95 bits per heavy atom. The van der Waals surface area contributed by atoms with Crippen LogP contribution in [0, 0.1) is 0 Å². The zero-order chi connectivity index (χ0) is 15.1. The van der Waals surface area contributed by atoms with E-state index < -0.39 is 6.04 Å². The molecular weight excluding hydrogens is 262 g/mol. The van der Waals surface area contributed by atoms with Gasteiger partial charge in [-0.15, -0.1) is 0 Å². The molecular formula is C18H23NO2. The maximum absolute atomic E-state index is 11.6. The van der Waals surface area contributed by atoms with Crippen molar-refractivity contribution in [1.29, 1.82) is 0 Å². The third kappa shape index (κ3) is 4.30. The molecule has 3 nitrogen and oxygen atoms in total. The molecule has 0 heterocycles. The highest BCUT2D eigenvalue weighted by atomic mass is 16.5.